The first-order valence-electron chi connectivity index (χ1n) is 7.19. The van der Waals surface area contributed by atoms with Crippen LogP contribution in [0.4, 0.5) is 4.39 Å². The number of oxime groups is 1. The molecule has 0 saturated heterocycles. The Bertz CT molecular complexity index is 460. The highest BCUT2D eigenvalue weighted by Crippen LogP contribution is 2.12. The van der Waals surface area contributed by atoms with Gasteiger partial charge in [-0.1, -0.05) is 18.5 Å². The number of halogens is 1. The summed E-state index contributed by atoms with van der Waals surface area (Å²) in [6.45, 7) is 3.55. The minimum absolute atomic E-state index is 0.111. The minimum atomic E-state index is -0.420. The van der Waals surface area contributed by atoms with E-state index in [-0.39, 0.29) is 12.4 Å². The molecule has 0 spiro atoms. The van der Waals surface area contributed by atoms with Crippen LogP contribution in [0.1, 0.15) is 37.3 Å². The molecule has 0 bridgehead atoms. The molecule has 1 unspecified atom stereocenters. The summed E-state index contributed by atoms with van der Waals surface area (Å²) in [5.41, 5.74) is 6.56. The van der Waals surface area contributed by atoms with Gasteiger partial charge in [0.15, 0.2) is 5.84 Å². The van der Waals surface area contributed by atoms with Crippen LogP contribution in [0.2, 0.25) is 0 Å². The number of nitrogens with one attached hydrogen (secondary N) is 1. The van der Waals surface area contributed by atoms with E-state index in [9.17, 15) is 4.39 Å². The summed E-state index contributed by atoms with van der Waals surface area (Å²) in [6.07, 6.45) is 2.88. The highest BCUT2D eigenvalue weighted by atomic mass is 19.1. The Hall–Kier alpha value is -1.66. The molecule has 0 aliphatic heterocycles. The Morgan fingerprint density at radius 2 is 2.14 bits per heavy atom. The van der Waals surface area contributed by atoms with Crippen LogP contribution in [-0.2, 0) is 6.54 Å². The molecule has 6 heteroatoms. The van der Waals surface area contributed by atoms with Crippen molar-refractivity contribution in [3.8, 4) is 0 Å². The monoisotopic (exact) mass is 297 g/mol. The third kappa shape index (κ3) is 6.10. The van der Waals surface area contributed by atoms with Crippen molar-refractivity contribution in [3.63, 3.8) is 0 Å². The van der Waals surface area contributed by atoms with Gasteiger partial charge in [0.25, 0.3) is 0 Å². The molecule has 21 heavy (non-hydrogen) atoms. The van der Waals surface area contributed by atoms with Gasteiger partial charge in [-0.25, -0.2) is 4.39 Å². The quantitative estimate of drug-likeness (QED) is 0.242. The molecular formula is C15H24FN3O2. The molecule has 0 amide bonds. The third-order valence-electron chi connectivity index (χ3n) is 3.36. The second-order valence-electron chi connectivity index (χ2n) is 5.13. The predicted molar refractivity (Wildman–Crippen MR) is 80.7 cm³/mol. The van der Waals surface area contributed by atoms with Crippen molar-refractivity contribution in [2.24, 2.45) is 16.8 Å². The van der Waals surface area contributed by atoms with Gasteiger partial charge in [0.05, 0.1) is 0 Å². The summed E-state index contributed by atoms with van der Waals surface area (Å²) in [4.78, 5) is 0. The van der Waals surface area contributed by atoms with Crippen LogP contribution in [0.5, 0.6) is 0 Å². The fourth-order valence-electron chi connectivity index (χ4n) is 2.32. The number of aliphatic hydroxyl groups excluding tert-OH is 1. The maximum atomic E-state index is 13.5. The van der Waals surface area contributed by atoms with Crippen molar-refractivity contribution in [3.05, 3.63) is 35.1 Å². The Balaban J connectivity index is 2.60. The highest BCUT2D eigenvalue weighted by molar-refractivity contribution is 5.97. The van der Waals surface area contributed by atoms with Gasteiger partial charge in [-0.15, -0.1) is 0 Å². The normalized spacial score (nSPS) is 13.4. The lowest BCUT2D eigenvalue weighted by Gasteiger charge is -2.16. The van der Waals surface area contributed by atoms with E-state index in [0.29, 0.717) is 18.0 Å². The van der Waals surface area contributed by atoms with Crippen LogP contribution >= 0.6 is 0 Å². The van der Waals surface area contributed by atoms with Crippen molar-refractivity contribution in [1.82, 2.24) is 5.32 Å². The number of benzene rings is 1. The van der Waals surface area contributed by atoms with Gasteiger partial charge in [-0.3, -0.25) is 0 Å². The van der Waals surface area contributed by atoms with Gasteiger partial charge >= 0.3 is 0 Å². The van der Waals surface area contributed by atoms with Crippen LogP contribution in [-0.4, -0.2) is 29.3 Å². The first-order chi connectivity index (χ1) is 10.1. The highest BCUT2D eigenvalue weighted by Gasteiger charge is 2.08. The van der Waals surface area contributed by atoms with E-state index in [1.165, 1.54) is 12.1 Å². The molecule has 0 saturated carbocycles. The molecule has 0 heterocycles. The van der Waals surface area contributed by atoms with E-state index in [2.05, 4.69) is 17.4 Å². The summed E-state index contributed by atoms with van der Waals surface area (Å²) >= 11 is 0. The molecule has 0 aliphatic carbocycles. The van der Waals surface area contributed by atoms with Crippen molar-refractivity contribution in [2.45, 2.75) is 32.7 Å². The van der Waals surface area contributed by atoms with Gasteiger partial charge in [0, 0.05) is 18.7 Å². The maximum Gasteiger partial charge on any atom is 0.170 e. The number of amidine groups is 1. The lowest BCUT2D eigenvalue weighted by Crippen LogP contribution is -2.23. The topological polar surface area (TPSA) is 90.9 Å². The molecule has 118 valence electrons. The SMILES string of the molecule is CCCC(CCO)CNCc1cc(F)cc(/C(N)=N/O)c1. The number of rotatable bonds is 9. The summed E-state index contributed by atoms with van der Waals surface area (Å²) in [5.74, 6) is -0.117. The first kappa shape index (κ1) is 17.4. The molecule has 0 aliphatic rings. The van der Waals surface area contributed by atoms with E-state index in [1.54, 1.807) is 6.07 Å². The molecule has 5 N–H and O–H groups in total. The molecule has 1 atom stereocenters. The lowest BCUT2D eigenvalue weighted by atomic mass is 10.00. The van der Waals surface area contributed by atoms with Gasteiger partial charge in [0.2, 0.25) is 0 Å². The summed E-state index contributed by atoms with van der Waals surface area (Å²) in [6, 6.07) is 4.33. The van der Waals surface area contributed by atoms with Gasteiger partial charge in [-0.05, 0) is 49.1 Å². The maximum absolute atomic E-state index is 13.5. The molecule has 0 aromatic heterocycles. The molecule has 5 nitrogen and oxygen atoms in total. The van der Waals surface area contributed by atoms with E-state index >= 15 is 0 Å². The average molecular weight is 297 g/mol. The van der Waals surface area contributed by atoms with E-state index in [4.69, 9.17) is 16.0 Å². The number of nitrogens with two attached hydrogens (primary N) is 1. The van der Waals surface area contributed by atoms with Crippen LogP contribution in [0.25, 0.3) is 0 Å². The van der Waals surface area contributed by atoms with Gasteiger partial charge in [0.1, 0.15) is 5.82 Å². The molecule has 1 aromatic carbocycles. The Labute approximate surface area is 124 Å². The van der Waals surface area contributed by atoms with Crippen LogP contribution in [0.15, 0.2) is 23.4 Å². The zero-order valence-electron chi connectivity index (χ0n) is 12.3. The number of aliphatic hydroxyl groups is 1. The lowest BCUT2D eigenvalue weighted by molar-refractivity contribution is 0.248. The second kappa shape index (κ2) is 9.31. The zero-order valence-corrected chi connectivity index (χ0v) is 12.3. The van der Waals surface area contributed by atoms with Crippen molar-refractivity contribution < 1.29 is 14.7 Å². The molecule has 1 aromatic rings. The largest absolute Gasteiger partial charge is 0.409 e. The number of hydrogen-bond donors (Lipinski definition) is 4. The standard InChI is InChI=1S/C15H24FN3O2/c1-2-3-11(4-5-20)9-18-10-12-6-13(15(17)19-21)8-14(16)7-12/h6-8,11,18,20-21H,2-5,9-10H2,1H3,(H2,17,19). The Morgan fingerprint density at radius 1 is 1.38 bits per heavy atom. The molecule has 1 rings (SSSR count). The molecular weight excluding hydrogens is 273 g/mol. The average Bonchev–Trinajstić information content (AvgIpc) is 2.46. The van der Waals surface area contributed by atoms with Crippen molar-refractivity contribution in [2.75, 3.05) is 13.2 Å². The summed E-state index contributed by atoms with van der Waals surface area (Å²) in [5, 5.41) is 23.8. The van der Waals surface area contributed by atoms with E-state index < -0.39 is 5.82 Å². The minimum Gasteiger partial charge on any atom is -0.409 e. The zero-order chi connectivity index (χ0) is 15.7. The van der Waals surface area contributed by atoms with Crippen LogP contribution in [0.3, 0.4) is 0 Å². The summed E-state index contributed by atoms with van der Waals surface area (Å²) in [7, 11) is 0. The summed E-state index contributed by atoms with van der Waals surface area (Å²) < 4.78 is 13.5. The van der Waals surface area contributed by atoms with E-state index in [1.807, 2.05) is 0 Å². The third-order valence-corrected chi connectivity index (χ3v) is 3.36. The van der Waals surface area contributed by atoms with Crippen molar-refractivity contribution >= 4 is 5.84 Å². The fraction of sp³-hybridized carbons (Fsp3) is 0.533. The second-order valence-corrected chi connectivity index (χ2v) is 5.13. The van der Waals surface area contributed by atoms with Gasteiger partial charge < -0.3 is 21.4 Å². The van der Waals surface area contributed by atoms with Crippen LogP contribution in [0, 0.1) is 11.7 Å². The fourth-order valence-corrected chi connectivity index (χ4v) is 2.32. The van der Waals surface area contributed by atoms with Gasteiger partial charge in [-0.2, -0.15) is 0 Å². The Morgan fingerprint density at radius 3 is 2.76 bits per heavy atom. The smallest absolute Gasteiger partial charge is 0.170 e. The predicted octanol–water partition coefficient (Wildman–Crippen LogP) is 1.81. The molecule has 0 radical (unpaired) electrons. The van der Waals surface area contributed by atoms with Crippen LogP contribution < -0.4 is 11.1 Å². The molecule has 0 fully saturated rings. The number of hydrogen-bond acceptors (Lipinski definition) is 4. The first-order valence-corrected chi connectivity index (χ1v) is 7.19. The van der Waals surface area contributed by atoms with Crippen molar-refractivity contribution in [1.29, 1.82) is 0 Å². The van der Waals surface area contributed by atoms with E-state index in [0.717, 1.165) is 31.4 Å². The Kier molecular flexibility index (Phi) is 7.71. The number of nitrogens with zero attached hydrogens (tertiary/aromatic N) is 1.